The molecule has 0 fully saturated rings. The van der Waals surface area contributed by atoms with Crippen LogP contribution in [-0.2, 0) is 9.53 Å². The van der Waals surface area contributed by atoms with E-state index in [1.807, 2.05) is 0 Å². The van der Waals surface area contributed by atoms with Crippen molar-refractivity contribution < 1.29 is 23.6 Å². The third kappa shape index (κ3) is 5.57. The van der Waals surface area contributed by atoms with Gasteiger partial charge in [0, 0.05) is 27.2 Å². The van der Waals surface area contributed by atoms with Crippen LogP contribution in [0.4, 0.5) is 5.69 Å². The summed E-state index contributed by atoms with van der Waals surface area (Å²) in [5, 5.41) is 11.8. The highest BCUT2D eigenvalue weighted by Crippen LogP contribution is 2.38. The number of thiazole rings is 1. The van der Waals surface area contributed by atoms with Gasteiger partial charge in [0.25, 0.3) is 11.2 Å². The van der Waals surface area contributed by atoms with Crippen LogP contribution in [0.2, 0.25) is 5.02 Å². The second kappa shape index (κ2) is 11.7. The number of halogens is 2. The minimum absolute atomic E-state index is 0.206. The van der Waals surface area contributed by atoms with Crippen LogP contribution in [0.3, 0.4) is 0 Å². The standard InChI is InChI=1S/C29H23BrClN3O7S/c1-14(2)40-28(36)25-15(3)32-29-33(26(25)20-11-16(30)5-9-22(20)39-4)27(35)24(42-29)13-18-7-10-23(41-18)19-8-6-17(31)12-21(19)34(37)38/h5-14,26H,1-4H3/b24-13-/t26-/m1/s1. The zero-order chi connectivity index (χ0) is 30.3. The fourth-order valence-electron chi connectivity index (χ4n) is 4.64. The Bertz CT molecular complexity index is 1960. The number of allylic oxidation sites excluding steroid dienone is 1. The predicted octanol–water partition coefficient (Wildman–Crippen LogP) is 5.78. The first-order valence-electron chi connectivity index (χ1n) is 12.6. The molecule has 0 saturated heterocycles. The summed E-state index contributed by atoms with van der Waals surface area (Å²) >= 11 is 10.6. The molecule has 0 radical (unpaired) electrons. The van der Waals surface area contributed by atoms with Crippen molar-refractivity contribution in [3.8, 4) is 17.1 Å². The summed E-state index contributed by atoms with van der Waals surface area (Å²) < 4.78 is 19.5. The molecule has 0 unspecified atom stereocenters. The van der Waals surface area contributed by atoms with Crippen LogP contribution in [0.15, 0.2) is 78.5 Å². The van der Waals surface area contributed by atoms with Crippen molar-refractivity contribution in [2.75, 3.05) is 7.11 Å². The number of ether oxygens (including phenoxy) is 2. The van der Waals surface area contributed by atoms with Gasteiger partial charge in [0.2, 0.25) is 0 Å². The average molecular weight is 673 g/mol. The van der Waals surface area contributed by atoms with E-state index >= 15 is 0 Å². The summed E-state index contributed by atoms with van der Waals surface area (Å²) in [4.78, 5) is 43.3. The molecule has 216 valence electrons. The van der Waals surface area contributed by atoms with Crippen LogP contribution in [-0.4, -0.2) is 28.7 Å². The Balaban J connectivity index is 1.67. The number of carbonyl (C=O) groups excluding carboxylic acids is 1. The Labute approximate surface area is 256 Å². The van der Waals surface area contributed by atoms with Gasteiger partial charge in [-0.05, 0) is 63.2 Å². The molecule has 0 saturated carbocycles. The van der Waals surface area contributed by atoms with E-state index in [2.05, 4.69) is 20.9 Å². The molecule has 5 rings (SSSR count). The number of methoxy groups -OCH3 is 1. The molecule has 3 heterocycles. The molecule has 1 aliphatic heterocycles. The minimum atomic E-state index is -0.883. The largest absolute Gasteiger partial charge is 0.496 e. The van der Waals surface area contributed by atoms with Gasteiger partial charge in [-0.3, -0.25) is 19.5 Å². The van der Waals surface area contributed by atoms with Gasteiger partial charge >= 0.3 is 5.97 Å². The number of hydrogen-bond donors (Lipinski definition) is 0. The number of hydrogen-bond acceptors (Lipinski definition) is 9. The van der Waals surface area contributed by atoms with E-state index in [0.29, 0.717) is 27.6 Å². The smallest absolute Gasteiger partial charge is 0.338 e. The second-order valence-corrected chi connectivity index (χ2v) is 11.9. The number of nitro benzene ring substituents is 1. The lowest BCUT2D eigenvalue weighted by molar-refractivity contribution is -0.384. The molecule has 0 N–H and O–H groups in total. The molecule has 2 aromatic heterocycles. The van der Waals surface area contributed by atoms with Crippen molar-refractivity contribution in [1.82, 2.24) is 4.57 Å². The summed E-state index contributed by atoms with van der Waals surface area (Å²) in [6, 6.07) is 11.9. The molecule has 0 bridgehead atoms. The summed E-state index contributed by atoms with van der Waals surface area (Å²) in [6.45, 7) is 5.19. The lowest BCUT2D eigenvalue weighted by Crippen LogP contribution is -2.40. The van der Waals surface area contributed by atoms with Crippen molar-refractivity contribution in [3.05, 3.63) is 110 Å². The summed E-state index contributed by atoms with van der Waals surface area (Å²) in [6.07, 6.45) is 1.15. The lowest BCUT2D eigenvalue weighted by atomic mass is 9.95. The molecule has 13 heteroatoms. The molecule has 0 spiro atoms. The van der Waals surface area contributed by atoms with Gasteiger partial charge < -0.3 is 13.9 Å². The molecule has 2 aromatic carbocycles. The fourth-order valence-corrected chi connectivity index (χ4v) is 6.21. The Morgan fingerprint density at radius 2 is 2.00 bits per heavy atom. The number of furan rings is 1. The van der Waals surface area contributed by atoms with E-state index in [-0.39, 0.29) is 32.1 Å². The number of nitro groups is 1. The number of benzene rings is 2. The average Bonchev–Trinajstić information content (AvgIpc) is 3.51. The quantitative estimate of drug-likeness (QED) is 0.138. The molecule has 1 aliphatic rings. The van der Waals surface area contributed by atoms with Crippen molar-refractivity contribution in [2.24, 2.45) is 4.99 Å². The van der Waals surface area contributed by atoms with Gasteiger partial charge in [-0.2, -0.15) is 0 Å². The first-order chi connectivity index (χ1) is 20.0. The van der Waals surface area contributed by atoms with Gasteiger partial charge in [0.05, 0.1) is 39.5 Å². The maximum atomic E-state index is 14.0. The zero-order valence-corrected chi connectivity index (χ0v) is 25.9. The molecule has 4 aromatic rings. The fraction of sp³-hybridized carbons (Fsp3) is 0.207. The first-order valence-corrected chi connectivity index (χ1v) is 14.6. The number of fused-ring (bicyclic) bond motifs is 1. The maximum Gasteiger partial charge on any atom is 0.338 e. The van der Waals surface area contributed by atoms with Crippen LogP contribution in [0.1, 0.15) is 38.1 Å². The van der Waals surface area contributed by atoms with Crippen LogP contribution in [0.25, 0.3) is 17.4 Å². The third-order valence-corrected chi connectivity index (χ3v) is 8.10. The van der Waals surface area contributed by atoms with Crippen LogP contribution < -0.4 is 19.6 Å². The van der Waals surface area contributed by atoms with Gasteiger partial charge in [-0.25, -0.2) is 9.79 Å². The second-order valence-electron chi connectivity index (χ2n) is 9.54. The summed E-state index contributed by atoms with van der Waals surface area (Å²) in [5.74, 6) is 0.422. The highest BCUT2D eigenvalue weighted by atomic mass is 79.9. The van der Waals surface area contributed by atoms with E-state index in [4.69, 9.17) is 25.5 Å². The molecule has 42 heavy (non-hydrogen) atoms. The lowest BCUT2D eigenvalue weighted by Gasteiger charge is -2.26. The maximum absolute atomic E-state index is 14.0. The van der Waals surface area contributed by atoms with Crippen LogP contribution in [0.5, 0.6) is 5.75 Å². The summed E-state index contributed by atoms with van der Waals surface area (Å²) in [7, 11) is 1.51. The Hall–Kier alpha value is -4.00. The van der Waals surface area contributed by atoms with Gasteiger partial charge in [0.1, 0.15) is 23.3 Å². The highest BCUT2D eigenvalue weighted by molar-refractivity contribution is 9.10. The normalized spacial score (nSPS) is 15.0. The molecule has 0 amide bonds. The van der Waals surface area contributed by atoms with Gasteiger partial charge in [0.15, 0.2) is 4.80 Å². The van der Waals surface area contributed by atoms with Crippen LogP contribution >= 0.6 is 38.9 Å². The zero-order valence-electron chi connectivity index (χ0n) is 22.7. The number of carbonyl (C=O) groups is 1. The SMILES string of the molecule is COc1ccc(Br)cc1[C@@H]1C(C(=O)OC(C)C)=C(C)N=c2s/c(=C\c3ccc(-c4ccc(Cl)cc4[N+](=O)[O-])o3)c(=O)n21. The predicted molar refractivity (Wildman–Crippen MR) is 161 cm³/mol. The minimum Gasteiger partial charge on any atom is -0.496 e. The van der Waals surface area contributed by atoms with Crippen molar-refractivity contribution in [1.29, 1.82) is 0 Å². The van der Waals surface area contributed by atoms with E-state index in [0.717, 1.165) is 15.8 Å². The number of rotatable bonds is 7. The van der Waals surface area contributed by atoms with Crippen LogP contribution in [0, 0.1) is 10.1 Å². The van der Waals surface area contributed by atoms with Gasteiger partial charge in [-0.15, -0.1) is 0 Å². The Morgan fingerprint density at radius 3 is 2.69 bits per heavy atom. The number of esters is 1. The van der Waals surface area contributed by atoms with E-state index in [1.54, 1.807) is 51.1 Å². The molecule has 10 nitrogen and oxygen atoms in total. The number of aromatic nitrogens is 1. The first kappa shape index (κ1) is 29.5. The summed E-state index contributed by atoms with van der Waals surface area (Å²) in [5.41, 5.74) is 0.826. The topological polar surface area (TPSA) is 126 Å². The van der Waals surface area contributed by atoms with Gasteiger partial charge in [-0.1, -0.05) is 38.9 Å². The molecular formula is C29H23BrClN3O7S. The molecule has 1 atom stereocenters. The highest BCUT2D eigenvalue weighted by Gasteiger charge is 2.35. The van der Waals surface area contributed by atoms with E-state index in [9.17, 15) is 19.7 Å². The third-order valence-electron chi connectivity index (χ3n) is 6.39. The van der Waals surface area contributed by atoms with Crippen molar-refractivity contribution >= 4 is 56.6 Å². The van der Waals surface area contributed by atoms with E-state index in [1.165, 1.54) is 36.0 Å². The van der Waals surface area contributed by atoms with E-state index < -0.39 is 28.6 Å². The van der Waals surface area contributed by atoms with Crippen molar-refractivity contribution in [3.63, 3.8) is 0 Å². The van der Waals surface area contributed by atoms with Crippen molar-refractivity contribution in [2.45, 2.75) is 32.9 Å². The molecule has 0 aliphatic carbocycles. The Kier molecular flexibility index (Phi) is 8.22. The number of nitrogens with zero attached hydrogens (tertiary/aromatic N) is 3. The monoisotopic (exact) mass is 671 g/mol. The Morgan fingerprint density at radius 1 is 1.24 bits per heavy atom. The molecular weight excluding hydrogens is 650 g/mol.